The number of nitrogen functional groups attached to an aromatic ring is 1. The standard InChI is InChI=1S/C8H12F3N5S/c1-13-5-4-6(16-7(12)15-5)14-2-3-17-8(9,10)11/h4H,2-3H2,1H3,(H4,12,13,14,15,16). The maximum Gasteiger partial charge on any atom is 0.441 e. The largest absolute Gasteiger partial charge is 0.441 e. The Labute approximate surface area is 100 Å². The molecule has 1 aromatic heterocycles. The van der Waals surface area contributed by atoms with Gasteiger partial charge in [-0.2, -0.15) is 23.1 Å². The van der Waals surface area contributed by atoms with Gasteiger partial charge in [-0.3, -0.25) is 0 Å². The number of aromatic nitrogens is 2. The number of nitrogens with one attached hydrogen (secondary N) is 2. The lowest BCUT2D eigenvalue weighted by molar-refractivity contribution is -0.0327. The topological polar surface area (TPSA) is 75.9 Å². The normalized spacial score (nSPS) is 11.3. The molecule has 0 bridgehead atoms. The number of thioether (sulfide) groups is 1. The quantitative estimate of drug-likeness (QED) is 0.706. The molecule has 0 aliphatic rings. The number of nitrogens with two attached hydrogens (primary N) is 1. The molecule has 0 aliphatic heterocycles. The Morgan fingerprint density at radius 1 is 1.35 bits per heavy atom. The van der Waals surface area contributed by atoms with Gasteiger partial charge in [0.1, 0.15) is 11.6 Å². The third-order valence-electron chi connectivity index (χ3n) is 1.67. The van der Waals surface area contributed by atoms with Crippen molar-refractivity contribution in [1.29, 1.82) is 0 Å². The van der Waals surface area contributed by atoms with Crippen LogP contribution in [-0.2, 0) is 0 Å². The summed E-state index contributed by atoms with van der Waals surface area (Å²) in [6, 6.07) is 1.56. The molecule has 0 spiro atoms. The van der Waals surface area contributed by atoms with Crippen LogP contribution in [-0.4, -0.2) is 34.8 Å². The molecule has 17 heavy (non-hydrogen) atoms. The van der Waals surface area contributed by atoms with E-state index in [0.29, 0.717) is 11.6 Å². The molecule has 0 saturated carbocycles. The Morgan fingerprint density at radius 3 is 2.59 bits per heavy atom. The summed E-state index contributed by atoms with van der Waals surface area (Å²) in [4.78, 5) is 7.69. The lowest BCUT2D eigenvalue weighted by Crippen LogP contribution is -2.11. The van der Waals surface area contributed by atoms with Crippen molar-refractivity contribution in [2.45, 2.75) is 5.51 Å². The molecule has 0 aromatic carbocycles. The van der Waals surface area contributed by atoms with Crippen LogP contribution in [0.2, 0.25) is 0 Å². The summed E-state index contributed by atoms with van der Waals surface area (Å²) in [5, 5.41) is 5.51. The first-order chi connectivity index (χ1) is 7.90. The summed E-state index contributed by atoms with van der Waals surface area (Å²) in [5.74, 6) is 0.860. The minimum absolute atomic E-state index is 0.0582. The van der Waals surface area contributed by atoms with E-state index >= 15 is 0 Å². The molecule has 0 atom stereocenters. The van der Waals surface area contributed by atoms with Crippen molar-refractivity contribution >= 4 is 29.3 Å². The maximum atomic E-state index is 11.8. The van der Waals surface area contributed by atoms with Gasteiger partial charge >= 0.3 is 5.51 Å². The first kappa shape index (κ1) is 13.7. The van der Waals surface area contributed by atoms with E-state index in [0.717, 1.165) is 0 Å². The van der Waals surface area contributed by atoms with Gasteiger partial charge in [-0.25, -0.2) is 0 Å². The minimum Gasteiger partial charge on any atom is -0.373 e. The number of nitrogens with zero attached hydrogens (tertiary/aromatic N) is 2. The summed E-state index contributed by atoms with van der Waals surface area (Å²) in [6.45, 7) is 0.143. The Morgan fingerprint density at radius 2 is 2.00 bits per heavy atom. The number of halogens is 3. The Kier molecular flexibility index (Phi) is 4.67. The van der Waals surface area contributed by atoms with Gasteiger partial charge in [0.2, 0.25) is 5.95 Å². The zero-order valence-corrected chi connectivity index (χ0v) is 9.82. The van der Waals surface area contributed by atoms with Crippen LogP contribution < -0.4 is 16.4 Å². The Bertz CT molecular complexity index is 371. The van der Waals surface area contributed by atoms with E-state index in [-0.39, 0.29) is 30.0 Å². The van der Waals surface area contributed by atoms with E-state index in [2.05, 4.69) is 20.6 Å². The number of rotatable bonds is 5. The zero-order chi connectivity index (χ0) is 12.9. The summed E-state index contributed by atoms with van der Waals surface area (Å²) in [6.07, 6.45) is 0. The molecule has 1 aromatic rings. The van der Waals surface area contributed by atoms with Crippen LogP contribution in [0.15, 0.2) is 6.07 Å². The van der Waals surface area contributed by atoms with E-state index in [1.807, 2.05) is 0 Å². The molecule has 0 radical (unpaired) electrons. The molecule has 0 fully saturated rings. The Balaban J connectivity index is 2.44. The zero-order valence-electron chi connectivity index (χ0n) is 9.01. The van der Waals surface area contributed by atoms with Gasteiger partial charge < -0.3 is 16.4 Å². The summed E-state index contributed by atoms with van der Waals surface area (Å²) in [5.41, 5.74) is 1.22. The lowest BCUT2D eigenvalue weighted by atomic mass is 10.5. The van der Waals surface area contributed by atoms with Crippen LogP contribution in [0.3, 0.4) is 0 Å². The average molecular weight is 267 g/mol. The highest BCUT2D eigenvalue weighted by Crippen LogP contribution is 2.29. The van der Waals surface area contributed by atoms with Crippen molar-refractivity contribution in [1.82, 2.24) is 9.97 Å². The predicted octanol–water partition coefficient (Wildman–Crippen LogP) is 1.77. The van der Waals surface area contributed by atoms with Crippen LogP contribution in [0.5, 0.6) is 0 Å². The van der Waals surface area contributed by atoms with Crippen LogP contribution in [0.25, 0.3) is 0 Å². The first-order valence-electron chi connectivity index (χ1n) is 4.67. The summed E-state index contributed by atoms with van der Waals surface area (Å²) < 4.78 is 35.5. The molecule has 0 saturated heterocycles. The second-order valence-corrected chi connectivity index (χ2v) is 4.13. The molecule has 1 heterocycles. The summed E-state index contributed by atoms with van der Waals surface area (Å²) >= 11 is -0.0858. The third kappa shape index (κ3) is 5.48. The van der Waals surface area contributed by atoms with Crippen LogP contribution in [0.1, 0.15) is 0 Å². The van der Waals surface area contributed by atoms with Gasteiger partial charge in [-0.15, -0.1) is 0 Å². The predicted molar refractivity (Wildman–Crippen MR) is 63.0 cm³/mol. The highest BCUT2D eigenvalue weighted by atomic mass is 32.2. The van der Waals surface area contributed by atoms with Crippen LogP contribution in [0, 0.1) is 0 Å². The number of anilines is 3. The molecular weight excluding hydrogens is 255 g/mol. The molecule has 96 valence electrons. The minimum atomic E-state index is -4.21. The van der Waals surface area contributed by atoms with Gasteiger partial charge in [0.25, 0.3) is 0 Å². The van der Waals surface area contributed by atoms with Crippen molar-refractivity contribution in [3.05, 3.63) is 6.07 Å². The molecule has 0 aliphatic carbocycles. The van der Waals surface area contributed by atoms with Crippen LogP contribution >= 0.6 is 11.8 Å². The van der Waals surface area contributed by atoms with Crippen molar-refractivity contribution in [2.75, 3.05) is 35.7 Å². The molecular formula is C8H12F3N5S. The molecule has 1 rings (SSSR count). The molecule has 0 unspecified atom stereocenters. The van der Waals surface area contributed by atoms with E-state index in [9.17, 15) is 13.2 Å². The third-order valence-corrected chi connectivity index (χ3v) is 2.41. The lowest BCUT2D eigenvalue weighted by Gasteiger charge is -2.09. The van der Waals surface area contributed by atoms with E-state index in [4.69, 9.17) is 5.73 Å². The van der Waals surface area contributed by atoms with Crippen molar-refractivity contribution in [3.8, 4) is 0 Å². The van der Waals surface area contributed by atoms with Gasteiger partial charge in [0, 0.05) is 25.4 Å². The SMILES string of the molecule is CNc1cc(NCCSC(F)(F)F)nc(N)n1. The van der Waals surface area contributed by atoms with Gasteiger partial charge in [0.05, 0.1) is 0 Å². The van der Waals surface area contributed by atoms with E-state index in [1.54, 1.807) is 13.1 Å². The number of hydrogen-bond acceptors (Lipinski definition) is 6. The van der Waals surface area contributed by atoms with E-state index in [1.165, 1.54) is 0 Å². The second kappa shape index (κ2) is 5.80. The molecule has 9 heteroatoms. The smallest absolute Gasteiger partial charge is 0.373 e. The van der Waals surface area contributed by atoms with Gasteiger partial charge in [-0.1, -0.05) is 0 Å². The number of alkyl halides is 3. The fraction of sp³-hybridized carbons (Fsp3) is 0.500. The van der Waals surface area contributed by atoms with E-state index < -0.39 is 5.51 Å². The fourth-order valence-electron chi connectivity index (χ4n) is 1.03. The second-order valence-electron chi connectivity index (χ2n) is 2.97. The molecule has 5 nitrogen and oxygen atoms in total. The average Bonchev–Trinajstić information content (AvgIpc) is 2.22. The summed E-state index contributed by atoms with van der Waals surface area (Å²) in [7, 11) is 1.66. The highest BCUT2D eigenvalue weighted by molar-refractivity contribution is 8.00. The van der Waals surface area contributed by atoms with Gasteiger partial charge in [0.15, 0.2) is 0 Å². The maximum absolute atomic E-state index is 11.8. The monoisotopic (exact) mass is 267 g/mol. The van der Waals surface area contributed by atoms with Crippen molar-refractivity contribution in [2.24, 2.45) is 0 Å². The van der Waals surface area contributed by atoms with Crippen molar-refractivity contribution in [3.63, 3.8) is 0 Å². The molecule has 4 N–H and O–H groups in total. The van der Waals surface area contributed by atoms with Crippen molar-refractivity contribution < 1.29 is 13.2 Å². The highest BCUT2D eigenvalue weighted by Gasteiger charge is 2.27. The van der Waals surface area contributed by atoms with Gasteiger partial charge in [-0.05, 0) is 11.8 Å². The van der Waals surface area contributed by atoms with Crippen LogP contribution in [0.4, 0.5) is 30.8 Å². The Hall–Kier alpha value is -1.38. The number of hydrogen-bond donors (Lipinski definition) is 3. The molecule has 0 amide bonds. The first-order valence-corrected chi connectivity index (χ1v) is 5.66. The fourth-order valence-corrected chi connectivity index (χ4v) is 1.47.